The fourth-order valence-corrected chi connectivity index (χ4v) is 3.80. The molecule has 2 heterocycles. The van der Waals surface area contributed by atoms with Crippen molar-refractivity contribution in [3.05, 3.63) is 12.4 Å². The van der Waals surface area contributed by atoms with Gasteiger partial charge in [-0.2, -0.15) is 0 Å². The molecule has 100 valence electrons. The van der Waals surface area contributed by atoms with Crippen molar-refractivity contribution in [2.24, 2.45) is 0 Å². The van der Waals surface area contributed by atoms with E-state index in [1.165, 1.54) is 6.33 Å². The zero-order valence-corrected chi connectivity index (χ0v) is 11.2. The topological polar surface area (TPSA) is 84.0 Å². The Morgan fingerprint density at radius 2 is 2.06 bits per heavy atom. The summed E-state index contributed by atoms with van der Waals surface area (Å²) in [5, 5.41) is 5.87. The number of rotatable bonds is 5. The maximum absolute atomic E-state index is 11.7. The van der Waals surface area contributed by atoms with Gasteiger partial charge in [0.25, 0.3) is 0 Å². The minimum absolute atomic E-state index is 0.282. The average Bonchev–Trinajstić information content (AvgIpc) is 2.67. The average molecular weight is 270 g/mol. The molecule has 2 N–H and O–H groups in total. The van der Waals surface area contributed by atoms with E-state index in [1.807, 2.05) is 6.92 Å². The largest absolute Gasteiger partial charge is 0.370 e. The second-order valence-electron chi connectivity index (χ2n) is 4.33. The molecule has 1 unspecified atom stereocenters. The molecule has 0 radical (unpaired) electrons. The first-order valence-electron chi connectivity index (χ1n) is 6.13. The van der Waals surface area contributed by atoms with Crippen molar-refractivity contribution >= 4 is 21.5 Å². The molecule has 0 aliphatic carbocycles. The molecule has 1 aromatic heterocycles. The summed E-state index contributed by atoms with van der Waals surface area (Å²) in [4.78, 5) is 8.13. The molecule has 0 bridgehead atoms. The predicted octanol–water partition coefficient (Wildman–Crippen LogP) is 0.897. The van der Waals surface area contributed by atoms with E-state index in [1.54, 1.807) is 6.07 Å². The smallest absolute Gasteiger partial charge is 0.154 e. The van der Waals surface area contributed by atoms with Crippen LogP contribution in [0.2, 0.25) is 0 Å². The molecule has 18 heavy (non-hydrogen) atoms. The van der Waals surface area contributed by atoms with Crippen LogP contribution < -0.4 is 10.6 Å². The molecule has 1 atom stereocenters. The van der Waals surface area contributed by atoms with E-state index >= 15 is 0 Å². The second-order valence-corrected chi connectivity index (χ2v) is 6.73. The minimum atomic E-state index is -2.90. The van der Waals surface area contributed by atoms with Crippen molar-refractivity contribution in [2.45, 2.75) is 25.0 Å². The normalized spacial score (nSPS) is 21.7. The lowest BCUT2D eigenvalue weighted by Gasteiger charge is -2.11. The van der Waals surface area contributed by atoms with E-state index in [9.17, 15) is 8.42 Å². The lowest BCUT2D eigenvalue weighted by molar-refractivity contribution is 0.591. The lowest BCUT2D eigenvalue weighted by Crippen LogP contribution is -2.25. The van der Waals surface area contributed by atoms with Gasteiger partial charge in [0.1, 0.15) is 18.0 Å². The van der Waals surface area contributed by atoms with Gasteiger partial charge in [-0.15, -0.1) is 0 Å². The summed E-state index contributed by atoms with van der Waals surface area (Å²) < 4.78 is 23.3. The molecule has 0 saturated carbocycles. The third-order valence-electron chi connectivity index (χ3n) is 3.00. The van der Waals surface area contributed by atoms with Gasteiger partial charge in [-0.05, 0) is 19.8 Å². The Labute approximate surface area is 107 Å². The third-order valence-corrected chi connectivity index (χ3v) is 5.27. The summed E-state index contributed by atoms with van der Waals surface area (Å²) in [6, 6.07) is 1.78. The lowest BCUT2D eigenvalue weighted by atomic mass is 10.2. The predicted molar refractivity (Wildman–Crippen MR) is 71.5 cm³/mol. The monoisotopic (exact) mass is 270 g/mol. The van der Waals surface area contributed by atoms with Crippen molar-refractivity contribution in [1.29, 1.82) is 0 Å². The zero-order chi connectivity index (χ0) is 13.0. The Bertz CT molecular complexity index is 504. The fraction of sp³-hybridized carbons (Fsp3) is 0.636. The van der Waals surface area contributed by atoms with Crippen LogP contribution in [0.3, 0.4) is 0 Å². The highest BCUT2D eigenvalue weighted by atomic mass is 32.2. The molecule has 2 rings (SSSR count). The molecule has 0 spiro atoms. The van der Waals surface area contributed by atoms with E-state index in [0.29, 0.717) is 18.1 Å². The van der Waals surface area contributed by atoms with E-state index < -0.39 is 9.84 Å². The molecule has 1 aromatic rings. The molecule has 1 saturated heterocycles. The fourth-order valence-electron chi connectivity index (χ4n) is 2.04. The Morgan fingerprint density at radius 1 is 1.33 bits per heavy atom. The summed E-state index contributed by atoms with van der Waals surface area (Å²) in [6.45, 7) is 3.19. The Balaban J connectivity index is 1.96. The number of anilines is 2. The highest BCUT2D eigenvalue weighted by molar-refractivity contribution is 7.92. The summed E-state index contributed by atoms with van der Waals surface area (Å²) in [5.41, 5.74) is 0. The van der Waals surface area contributed by atoms with Gasteiger partial charge < -0.3 is 10.6 Å². The molecule has 1 fully saturated rings. The quantitative estimate of drug-likeness (QED) is 0.827. The zero-order valence-electron chi connectivity index (χ0n) is 10.4. The summed E-state index contributed by atoms with van der Waals surface area (Å²) in [5.74, 6) is 1.71. The second kappa shape index (κ2) is 5.51. The first-order chi connectivity index (χ1) is 8.62. The molecule has 0 aromatic carbocycles. The number of hydrogen-bond acceptors (Lipinski definition) is 6. The van der Waals surface area contributed by atoms with Crippen LogP contribution >= 0.6 is 0 Å². The Morgan fingerprint density at radius 3 is 2.67 bits per heavy atom. The van der Waals surface area contributed by atoms with E-state index in [-0.39, 0.29) is 5.25 Å². The van der Waals surface area contributed by atoms with Crippen LogP contribution in [0.4, 0.5) is 11.6 Å². The van der Waals surface area contributed by atoms with Gasteiger partial charge in [0.2, 0.25) is 0 Å². The summed E-state index contributed by atoms with van der Waals surface area (Å²) in [7, 11) is -2.90. The number of nitrogens with zero attached hydrogens (tertiary/aromatic N) is 2. The third kappa shape index (κ3) is 3.10. The molecular weight excluding hydrogens is 252 g/mol. The standard InChI is InChI=1S/C11H18N4O2S/c1-2-12-10-6-11(15-8-14-10)13-7-9-4-3-5-18(9,16)17/h6,8-9H,2-5,7H2,1H3,(H2,12,13,14,15). The van der Waals surface area contributed by atoms with Gasteiger partial charge in [-0.3, -0.25) is 0 Å². The van der Waals surface area contributed by atoms with Crippen molar-refractivity contribution in [3.8, 4) is 0 Å². The number of sulfone groups is 1. The summed E-state index contributed by atoms with van der Waals surface area (Å²) in [6.07, 6.45) is 2.96. The van der Waals surface area contributed by atoms with Gasteiger partial charge in [0.05, 0.1) is 11.0 Å². The molecule has 1 aliphatic heterocycles. The molecule has 1 aliphatic rings. The first-order valence-corrected chi connectivity index (χ1v) is 7.84. The van der Waals surface area contributed by atoms with Crippen molar-refractivity contribution in [1.82, 2.24) is 9.97 Å². The number of hydrogen-bond donors (Lipinski definition) is 2. The number of nitrogens with one attached hydrogen (secondary N) is 2. The molecular formula is C11H18N4O2S. The van der Waals surface area contributed by atoms with Crippen LogP contribution in [0, 0.1) is 0 Å². The molecule has 0 amide bonds. The van der Waals surface area contributed by atoms with Crippen molar-refractivity contribution in [3.63, 3.8) is 0 Å². The molecule has 7 heteroatoms. The maximum Gasteiger partial charge on any atom is 0.154 e. The van der Waals surface area contributed by atoms with Gasteiger partial charge in [0, 0.05) is 19.2 Å². The van der Waals surface area contributed by atoms with Crippen LogP contribution in [-0.4, -0.2) is 42.5 Å². The highest BCUT2D eigenvalue weighted by Crippen LogP contribution is 2.20. The van der Waals surface area contributed by atoms with Gasteiger partial charge in [-0.25, -0.2) is 18.4 Å². The van der Waals surface area contributed by atoms with Gasteiger partial charge in [0.15, 0.2) is 9.84 Å². The Kier molecular flexibility index (Phi) is 4.00. The van der Waals surface area contributed by atoms with Crippen LogP contribution in [0.1, 0.15) is 19.8 Å². The van der Waals surface area contributed by atoms with Crippen molar-refractivity contribution < 1.29 is 8.42 Å². The molecule has 6 nitrogen and oxygen atoms in total. The van der Waals surface area contributed by atoms with Crippen LogP contribution in [-0.2, 0) is 9.84 Å². The van der Waals surface area contributed by atoms with Crippen LogP contribution in [0.15, 0.2) is 12.4 Å². The maximum atomic E-state index is 11.7. The SMILES string of the molecule is CCNc1cc(NCC2CCCS2(=O)=O)ncn1. The van der Waals surface area contributed by atoms with E-state index in [2.05, 4.69) is 20.6 Å². The first kappa shape index (κ1) is 13.1. The van der Waals surface area contributed by atoms with Gasteiger partial charge in [-0.1, -0.05) is 0 Å². The van der Waals surface area contributed by atoms with Crippen LogP contribution in [0.25, 0.3) is 0 Å². The minimum Gasteiger partial charge on any atom is -0.370 e. The number of aromatic nitrogens is 2. The Hall–Kier alpha value is -1.37. The highest BCUT2D eigenvalue weighted by Gasteiger charge is 2.30. The summed E-state index contributed by atoms with van der Waals surface area (Å²) >= 11 is 0. The van der Waals surface area contributed by atoms with E-state index in [0.717, 1.165) is 25.2 Å². The van der Waals surface area contributed by atoms with Crippen LogP contribution in [0.5, 0.6) is 0 Å². The van der Waals surface area contributed by atoms with E-state index in [4.69, 9.17) is 0 Å². The van der Waals surface area contributed by atoms with Crippen molar-refractivity contribution in [2.75, 3.05) is 29.5 Å². The van der Waals surface area contributed by atoms with Gasteiger partial charge >= 0.3 is 0 Å².